The average molecular weight is 257 g/mol. The first-order valence-corrected chi connectivity index (χ1v) is 7.30. The Morgan fingerprint density at radius 3 is 2.47 bits per heavy atom. The van der Waals surface area contributed by atoms with Crippen LogP contribution >= 0.6 is 0 Å². The molecule has 5 heteroatoms. The van der Waals surface area contributed by atoms with Crippen LogP contribution in [0.5, 0.6) is 0 Å². The molecule has 0 radical (unpaired) electrons. The van der Waals surface area contributed by atoms with Crippen LogP contribution in [0.25, 0.3) is 0 Å². The van der Waals surface area contributed by atoms with Gasteiger partial charge in [0.2, 0.25) is 10.0 Å². The van der Waals surface area contributed by atoms with Crippen molar-refractivity contribution in [1.82, 2.24) is 0 Å². The number of hydrogen-bond acceptors (Lipinski definition) is 3. The quantitative estimate of drug-likeness (QED) is 0.841. The lowest BCUT2D eigenvalue weighted by molar-refractivity contribution is 0.295. The number of aliphatic hydroxyl groups is 1. The highest BCUT2D eigenvalue weighted by atomic mass is 32.2. The van der Waals surface area contributed by atoms with Gasteiger partial charge in [-0.05, 0) is 31.9 Å². The van der Waals surface area contributed by atoms with Gasteiger partial charge in [0.15, 0.2) is 0 Å². The molecule has 0 aromatic heterocycles. The Bertz CT molecular complexity index is 457. The maximum absolute atomic E-state index is 12.1. The molecule has 17 heavy (non-hydrogen) atoms. The van der Waals surface area contributed by atoms with Crippen molar-refractivity contribution >= 4 is 15.7 Å². The van der Waals surface area contributed by atoms with Crippen LogP contribution in [-0.2, 0) is 10.0 Å². The molecule has 1 N–H and O–H groups in total. The zero-order valence-corrected chi connectivity index (χ0v) is 11.1. The minimum Gasteiger partial charge on any atom is -0.396 e. The molecule has 0 saturated carbocycles. The summed E-state index contributed by atoms with van der Waals surface area (Å²) in [6.07, 6.45) is 0.269. The van der Waals surface area contributed by atoms with Gasteiger partial charge in [0.1, 0.15) is 0 Å². The van der Waals surface area contributed by atoms with E-state index in [-0.39, 0.29) is 18.8 Å². The van der Waals surface area contributed by atoms with Gasteiger partial charge in [0.05, 0.1) is 11.4 Å². The Morgan fingerprint density at radius 1 is 1.29 bits per heavy atom. The molecule has 0 amide bonds. The predicted octanol–water partition coefficient (Wildman–Crippen LogP) is 1.53. The minimum absolute atomic E-state index is 0.0221. The molecule has 0 aliphatic carbocycles. The van der Waals surface area contributed by atoms with Gasteiger partial charge in [-0.1, -0.05) is 18.2 Å². The first-order valence-electron chi connectivity index (χ1n) is 5.70. The third-order valence-electron chi connectivity index (χ3n) is 2.57. The van der Waals surface area contributed by atoms with Crippen LogP contribution in [0.3, 0.4) is 0 Å². The molecule has 1 rings (SSSR count). The van der Waals surface area contributed by atoms with Gasteiger partial charge in [0.25, 0.3) is 0 Å². The van der Waals surface area contributed by atoms with Crippen LogP contribution in [0.4, 0.5) is 5.69 Å². The van der Waals surface area contributed by atoms with Gasteiger partial charge in [-0.2, -0.15) is 0 Å². The summed E-state index contributed by atoms with van der Waals surface area (Å²) in [7, 11) is -3.34. The summed E-state index contributed by atoms with van der Waals surface area (Å²) in [6.45, 7) is 3.99. The van der Waals surface area contributed by atoms with Gasteiger partial charge in [-0.15, -0.1) is 0 Å². The summed E-state index contributed by atoms with van der Waals surface area (Å²) < 4.78 is 25.6. The zero-order chi connectivity index (χ0) is 12.9. The molecule has 0 unspecified atom stereocenters. The Hall–Kier alpha value is -1.07. The molecular weight excluding hydrogens is 238 g/mol. The third-order valence-corrected chi connectivity index (χ3v) is 4.50. The van der Waals surface area contributed by atoms with E-state index in [2.05, 4.69) is 0 Å². The van der Waals surface area contributed by atoms with E-state index >= 15 is 0 Å². The standard InChI is InChI=1S/C12H19NO3S/c1-3-13(17(15,16)10-6-9-14)12-8-5-4-7-11(12)2/h4-5,7-8,14H,3,6,9-10H2,1-2H3. The molecule has 1 aromatic carbocycles. The second-order valence-corrected chi connectivity index (χ2v) is 5.86. The van der Waals surface area contributed by atoms with Gasteiger partial charge in [-0.25, -0.2) is 8.42 Å². The predicted molar refractivity (Wildman–Crippen MR) is 69.7 cm³/mol. The highest BCUT2D eigenvalue weighted by molar-refractivity contribution is 7.92. The fourth-order valence-corrected chi connectivity index (χ4v) is 3.33. The summed E-state index contributed by atoms with van der Waals surface area (Å²) >= 11 is 0. The van der Waals surface area contributed by atoms with Gasteiger partial charge < -0.3 is 5.11 Å². The minimum atomic E-state index is -3.34. The van der Waals surface area contributed by atoms with E-state index in [0.29, 0.717) is 12.2 Å². The monoisotopic (exact) mass is 257 g/mol. The number of para-hydroxylation sites is 1. The van der Waals surface area contributed by atoms with E-state index in [1.807, 2.05) is 32.0 Å². The second kappa shape index (κ2) is 6.02. The molecule has 0 aliphatic heterocycles. The highest BCUT2D eigenvalue weighted by Gasteiger charge is 2.21. The second-order valence-electron chi connectivity index (χ2n) is 3.84. The van der Waals surface area contributed by atoms with Crippen LogP contribution in [0.1, 0.15) is 18.9 Å². The maximum Gasteiger partial charge on any atom is 0.235 e. The summed E-state index contributed by atoms with van der Waals surface area (Å²) in [5.74, 6) is -0.0221. The lowest BCUT2D eigenvalue weighted by Gasteiger charge is -2.24. The SMILES string of the molecule is CCN(c1ccccc1C)S(=O)(=O)CCCO. The number of anilines is 1. The van der Waals surface area contributed by atoms with Crippen molar-refractivity contribution in [2.75, 3.05) is 23.2 Å². The molecule has 4 nitrogen and oxygen atoms in total. The largest absolute Gasteiger partial charge is 0.396 e. The van der Waals surface area contributed by atoms with Crippen molar-refractivity contribution in [2.24, 2.45) is 0 Å². The Morgan fingerprint density at radius 2 is 1.94 bits per heavy atom. The number of aryl methyl sites for hydroxylation is 1. The van der Waals surface area contributed by atoms with Gasteiger partial charge in [-0.3, -0.25) is 4.31 Å². The summed E-state index contributed by atoms with van der Waals surface area (Å²) in [5, 5.41) is 8.73. The van der Waals surface area contributed by atoms with Crippen molar-refractivity contribution in [3.8, 4) is 0 Å². The first-order chi connectivity index (χ1) is 8.03. The molecule has 0 aliphatic rings. The number of hydrogen-bond donors (Lipinski definition) is 1. The maximum atomic E-state index is 12.1. The normalized spacial score (nSPS) is 11.5. The highest BCUT2D eigenvalue weighted by Crippen LogP contribution is 2.22. The smallest absolute Gasteiger partial charge is 0.235 e. The van der Waals surface area contributed by atoms with E-state index in [4.69, 9.17) is 5.11 Å². The van der Waals surface area contributed by atoms with Crippen molar-refractivity contribution in [3.05, 3.63) is 29.8 Å². The van der Waals surface area contributed by atoms with Crippen LogP contribution in [-0.4, -0.2) is 32.4 Å². The van der Waals surface area contributed by atoms with Crippen LogP contribution < -0.4 is 4.31 Å². The van der Waals surface area contributed by atoms with Crippen molar-refractivity contribution in [2.45, 2.75) is 20.3 Å². The summed E-state index contributed by atoms with van der Waals surface area (Å²) in [4.78, 5) is 0. The van der Waals surface area contributed by atoms with Crippen molar-refractivity contribution in [1.29, 1.82) is 0 Å². The van der Waals surface area contributed by atoms with Gasteiger partial charge in [0, 0.05) is 13.2 Å². The summed E-state index contributed by atoms with van der Waals surface area (Å²) in [5.41, 5.74) is 1.65. The average Bonchev–Trinajstić information content (AvgIpc) is 2.30. The van der Waals surface area contributed by atoms with Crippen LogP contribution in [0.15, 0.2) is 24.3 Å². The molecule has 0 bridgehead atoms. The van der Waals surface area contributed by atoms with Crippen LogP contribution in [0.2, 0.25) is 0 Å². The summed E-state index contributed by atoms with van der Waals surface area (Å²) in [6, 6.07) is 7.40. The third kappa shape index (κ3) is 3.44. The molecular formula is C12H19NO3S. The van der Waals surface area contributed by atoms with E-state index in [1.54, 1.807) is 6.07 Å². The number of sulfonamides is 1. The lowest BCUT2D eigenvalue weighted by atomic mass is 10.2. The van der Waals surface area contributed by atoms with E-state index in [1.165, 1.54) is 4.31 Å². The van der Waals surface area contributed by atoms with E-state index in [9.17, 15) is 8.42 Å². The zero-order valence-electron chi connectivity index (χ0n) is 10.3. The molecule has 0 spiro atoms. The molecule has 0 atom stereocenters. The Kier molecular flexibility index (Phi) is 4.96. The van der Waals surface area contributed by atoms with Crippen molar-refractivity contribution < 1.29 is 13.5 Å². The number of benzene rings is 1. The van der Waals surface area contributed by atoms with Crippen molar-refractivity contribution in [3.63, 3.8) is 0 Å². The van der Waals surface area contributed by atoms with Gasteiger partial charge >= 0.3 is 0 Å². The number of rotatable bonds is 6. The van der Waals surface area contributed by atoms with E-state index < -0.39 is 10.0 Å². The molecule has 0 heterocycles. The number of nitrogens with zero attached hydrogens (tertiary/aromatic N) is 1. The topological polar surface area (TPSA) is 57.6 Å². The molecule has 0 fully saturated rings. The Balaban J connectivity index is 3.04. The van der Waals surface area contributed by atoms with Crippen LogP contribution in [0, 0.1) is 6.92 Å². The lowest BCUT2D eigenvalue weighted by Crippen LogP contribution is -2.33. The first kappa shape index (κ1) is 14.0. The van der Waals surface area contributed by atoms with E-state index in [0.717, 1.165) is 5.56 Å². The number of aliphatic hydroxyl groups excluding tert-OH is 1. The Labute approximate surface area is 103 Å². The molecule has 1 aromatic rings. The fourth-order valence-electron chi connectivity index (χ4n) is 1.72. The molecule has 0 saturated heterocycles. The fraction of sp³-hybridized carbons (Fsp3) is 0.500. The molecule has 96 valence electrons.